The van der Waals surface area contributed by atoms with Crippen LogP contribution in [0.25, 0.3) is 0 Å². The standard InChI is InChI=1S/C26H33NP/c1-21(2)27(22(3)4)23(5)28(24-15-9-6-10-16-24,25-17-11-7-12-18-25)26-19-13-8-14-20-26/h6-23H,1-5H3/q+1. The molecule has 0 aliphatic carbocycles. The van der Waals surface area contributed by atoms with Crippen molar-refractivity contribution in [3.8, 4) is 0 Å². The van der Waals surface area contributed by atoms with E-state index in [1.807, 2.05) is 0 Å². The van der Waals surface area contributed by atoms with Crippen LogP contribution >= 0.6 is 7.26 Å². The van der Waals surface area contributed by atoms with Crippen molar-refractivity contribution in [3.63, 3.8) is 0 Å². The van der Waals surface area contributed by atoms with Gasteiger partial charge in [-0.25, -0.2) is 0 Å². The minimum Gasteiger partial charge on any atom is -0.263 e. The maximum absolute atomic E-state index is 2.70. The Balaban J connectivity index is 2.37. The van der Waals surface area contributed by atoms with Crippen molar-refractivity contribution in [2.24, 2.45) is 0 Å². The molecule has 0 heterocycles. The Morgan fingerprint density at radius 3 is 1.04 bits per heavy atom. The smallest absolute Gasteiger partial charge is 0.134 e. The van der Waals surface area contributed by atoms with Gasteiger partial charge in [0, 0.05) is 12.1 Å². The average molecular weight is 391 g/mol. The first-order chi connectivity index (χ1) is 13.5. The molecule has 0 spiro atoms. The Labute approximate surface area is 171 Å². The van der Waals surface area contributed by atoms with E-state index in [2.05, 4.69) is 131 Å². The molecule has 1 atom stereocenters. The molecule has 0 bridgehead atoms. The molecule has 0 amide bonds. The molecule has 3 aromatic rings. The maximum atomic E-state index is 2.70. The van der Waals surface area contributed by atoms with Crippen molar-refractivity contribution in [1.29, 1.82) is 0 Å². The Bertz CT molecular complexity index is 739. The van der Waals surface area contributed by atoms with Crippen LogP contribution in [0.15, 0.2) is 91.0 Å². The quantitative estimate of drug-likeness (QED) is 0.485. The molecule has 0 aromatic heterocycles. The fraction of sp³-hybridized carbons (Fsp3) is 0.308. The van der Waals surface area contributed by atoms with E-state index in [1.54, 1.807) is 0 Å². The third-order valence-corrected chi connectivity index (χ3v) is 10.4. The zero-order chi connectivity index (χ0) is 20.1. The highest BCUT2D eigenvalue weighted by atomic mass is 31.2. The Morgan fingerprint density at radius 1 is 0.500 bits per heavy atom. The normalized spacial score (nSPS) is 13.3. The number of hydrogen-bond donors (Lipinski definition) is 0. The van der Waals surface area contributed by atoms with E-state index in [1.165, 1.54) is 15.9 Å². The predicted molar refractivity (Wildman–Crippen MR) is 127 cm³/mol. The minimum atomic E-state index is -1.88. The van der Waals surface area contributed by atoms with Gasteiger partial charge in [-0.3, -0.25) is 4.90 Å². The topological polar surface area (TPSA) is 3.24 Å². The minimum absolute atomic E-state index is 0.389. The van der Waals surface area contributed by atoms with Crippen molar-refractivity contribution < 1.29 is 0 Å². The van der Waals surface area contributed by atoms with E-state index in [4.69, 9.17) is 0 Å². The van der Waals surface area contributed by atoms with Gasteiger partial charge in [-0.15, -0.1) is 0 Å². The molecule has 1 unspecified atom stereocenters. The highest BCUT2D eigenvalue weighted by Gasteiger charge is 2.53. The summed E-state index contributed by atoms with van der Waals surface area (Å²) in [6, 6.07) is 34.5. The molecule has 0 fully saturated rings. The number of hydrogen-bond acceptors (Lipinski definition) is 1. The van der Waals surface area contributed by atoms with E-state index in [0.29, 0.717) is 17.9 Å². The molecule has 0 saturated carbocycles. The summed E-state index contributed by atoms with van der Waals surface area (Å²) >= 11 is 0. The highest BCUT2D eigenvalue weighted by Crippen LogP contribution is 2.61. The van der Waals surface area contributed by atoms with E-state index >= 15 is 0 Å². The molecule has 28 heavy (non-hydrogen) atoms. The van der Waals surface area contributed by atoms with Gasteiger partial charge in [-0.05, 0) is 71.0 Å². The molecule has 0 radical (unpaired) electrons. The second-order valence-corrected chi connectivity index (χ2v) is 11.7. The molecule has 3 rings (SSSR count). The summed E-state index contributed by atoms with van der Waals surface area (Å²) in [6.45, 7) is 11.7. The first-order valence-corrected chi connectivity index (χ1v) is 12.2. The van der Waals surface area contributed by atoms with E-state index < -0.39 is 7.26 Å². The molecule has 0 aliphatic rings. The van der Waals surface area contributed by atoms with Crippen LogP contribution in [-0.2, 0) is 0 Å². The van der Waals surface area contributed by atoms with Gasteiger partial charge in [0.15, 0.2) is 0 Å². The summed E-state index contributed by atoms with van der Waals surface area (Å²) in [5.74, 6) is 0.389. The zero-order valence-corrected chi connectivity index (χ0v) is 18.7. The molecule has 0 aliphatic heterocycles. The molecule has 0 N–H and O–H groups in total. The SMILES string of the molecule is CC(C)N(C(C)C)C(C)[P+](c1ccccc1)(c1ccccc1)c1ccccc1. The van der Waals surface area contributed by atoms with Gasteiger partial charge in [0.25, 0.3) is 0 Å². The Kier molecular flexibility index (Phi) is 6.70. The molecular formula is C26H33NP+. The van der Waals surface area contributed by atoms with Crippen LogP contribution in [0, 0.1) is 0 Å². The van der Waals surface area contributed by atoms with Gasteiger partial charge >= 0.3 is 0 Å². The lowest BCUT2D eigenvalue weighted by molar-refractivity contribution is 0.165. The fourth-order valence-corrected chi connectivity index (χ4v) is 9.79. The largest absolute Gasteiger partial charge is 0.263 e. The predicted octanol–water partition coefficient (Wildman–Crippen LogP) is 5.45. The van der Waals surface area contributed by atoms with Gasteiger partial charge in [0.1, 0.15) is 29.0 Å². The van der Waals surface area contributed by atoms with Crippen molar-refractivity contribution >= 4 is 23.2 Å². The van der Waals surface area contributed by atoms with Crippen LogP contribution in [-0.4, -0.2) is 22.8 Å². The van der Waals surface area contributed by atoms with Gasteiger partial charge in [-0.2, -0.15) is 0 Å². The monoisotopic (exact) mass is 390 g/mol. The Hall–Kier alpha value is -1.95. The van der Waals surface area contributed by atoms with Crippen LogP contribution in [0.4, 0.5) is 0 Å². The van der Waals surface area contributed by atoms with Crippen LogP contribution in [0.5, 0.6) is 0 Å². The number of nitrogens with zero attached hydrogens (tertiary/aromatic N) is 1. The van der Waals surface area contributed by atoms with Crippen LogP contribution in [0.1, 0.15) is 34.6 Å². The van der Waals surface area contributed by atoms with Gasteiger partial charge in [-0.1, -0.05) is 54.6 Å². The summed E-state index contributed by atoms with van der Waals surface area (Å²) in [4.78, 5) is 2.70. The summed E-state index contributed by atoms with van der Waals surface area (Å²) < 4.78 is 0. The summed E-state index contributed by atoms with van der Waals surface area (Å²) in [7, 11) is -1.88. The maximum Gasteiger partial charge on any atom is 0.134 e. The molecule has 2 heteroatoms. The lowest BCUT2D eigenvalue weighted by Gasteiger charge is -2.42. The van der Waals surface area contributed by atoms with Gasteiger partial charge in [0.2, 0.25) is 0 Å². The lowest BCUT2D eigenvalue weighted by atomic mass is 10.2. The third-order valence-electron chi connectivity index (χ3n) is 5.67. The summed E-state index contributed by atoms with van der Waals surface area (Å²) in [5, 5.41) is 4.35. The van der Waals surface area contributed by atoms with Gasteiger partial charge < -0.3 is 0 Å². The lowest BCUT2D eigenvalue weighted by Crippen LogP contribution is -2.51. The molecule has 0 saturated heterocycles. The highest BCUT2D eigenvalue weighted by molar-refractivity contribution is 7.96. The summed E-state index contributed by atoms with van der Waals surface area (Å²) in [6.07, 6.45) is 0. The third kappa shape index (κ3) is 3.79. The van der Waals surface area contributed by atoms with Crippen molar-refractivity contribution in [2.75, 3.05) is 0 Å². The first kappa shape index (κ1) is 20.8. The van der Waals surface area contributed by atoms with E-state index in [9.17, 15) is 0 Å². The van der Waals surface area contributed by atoms with Crippen LogP contribution < -0.4 is 15.9 Å². The zero-order valence-electron chi connectivity index (χ0n) is 17.8. The molecule has 1 nitrogen and oxygen atoms in total. The molecule has 3 aromatic carbocycles. The first-order valence-electron chi connectivity index (χ1n) is 10.3. The fourth-order valence-electron chi connectivity index (χ4n) is 4.74. The number of benzene rings is 3. The second kappa shape index (κ2) is 9.03. The molecule has 146 valence electrons. The van der Waals surface area contributed by atoms with Crippen LogP contribution in [0.3, 0.4) is 0 Å². The van der Waals surface area contributed by atoms with E-state index in [-0.39, 0.29) is 0 Å². The van der Waals surface area contributed by atoms with E-state index in [0.717, 1.165) is 0 Å². The summed E-state index contributed by atoms with van der Waals surface area (Å²) in [5.41, 5.74) is 0. The van der Waals surface area contributed by atoms with Crippen LogP contribution in [0.2, 0.25) is 0 Å². The average Bonchev–Trinajstić information content (AvgIpc) is 2.70. The van der Waals surface area contributed by atoms with Crippen molar-refractivity contribution in [3.05, 3.63) is 91.0 Å². The molecular weight excluding hydrogens is 357 g/mol. The number of rotatable bonds is 7. The second-order valence-electron chi connectivity index (χ2n) is 8.00. The Morgan fingerprint density at radius 2 is 0.786 bits per heavy atom. The van der Waals surface area contributed by atoms with Crippen molar-refractivity contribution in [1.82, 2.24) is 4.90 Å². The van der Waals surface area contributed by atoms with Crippen molar-refractivity contribution in [2.45, 2.75) is 52.5 Å². The van der Waals surface area contributed by atoms with Gasteiger partial charge in [0.05, 0.1) is 0 Å².